The summed E-state index contributed by atoms with van der Waals surface area (Å²) < 4.78 is 9.74. The van der Waals surface area contributed by atoms with Crippen LogP contribution >= 0.6 is 0 Å². The van der Waals surface area contributed by atoms with E-state index < -0.39 is 11.9 Å². The maximum Gasteiger partial charge on any atom is 0.316 e. The summed E-state index contributed by atoms with van der Waals surface area (Å²) in [4.78, 5) is 22.3. The Balaban J connectivity index is 2.44. The van der Waals surface area contributed by atoms with E-state index in [-0.39, 0.29) is 11.9 Å². The van der Waals surface area contributed by atoms with Crippen LogP contribution in [0, 0.1) is 5.92 Å². The number of ketones is 1. The van der Waals surface area contributed by atoms with Gasteiger partial charge >= 0.3 is 5.97 Å². The van der Waals surface area contributed by atoms with E-state index in [0.29, 0.717) is 19.6 Å². The highest BCUT2D eigenvalue weighted by atomic mass is 16.6. The summed E-state index contributed by atoms with van der Waals surface area (Å²) in [6.07, 6.45) is 0.548. The van der Waals surface area contributed by atoms with Crippen molar-refractivity contribution in [3.63, 3.8) is 0 Å². The lowest BCUT2D eigenvalue weighted by atomic mass is 10.00. The fourth-order valence-corrected chi connectivity index (χ4v) is 1.14. The normalized spacial score (nSPS) is 22.2. The fourth-order valence-electron chi connectivity index (χ4n) is 1.14. The van der Waals surface area contributed by atoms with Gasteiger partial charge in [0, 0.05) is 0 Å². The second-order valence-electron chi connectivity index (χ2n) is 3.11. The van der Waals surface area contributed by atoms with Gasteiger partial charge in [0.25, 0.3) is 0 Å². The fraction of sp³-hybridized carbons (Fsp3) is 0.778. The van der Waals surface area contributed by atoms with Gasteiger partial charge in [-0.25, -0.2) is 0 Å². The molecule has 2 unspecified atom stereocenters. The monoisotopic (exact) mass is 186 g/mol. The lowest BCUT2D eigenvalue weighted by molar-refractivity contribution is -0.151. The van der Waals surface area contributed by atoms with Crippen molar-refractivity contribution in [1.29, 1.82) is 0 Å². The Bertz CT molecular complexity index is 208. The highest BCUT2D eigenvalue weighted by molar-refractivity contribution is 5.97. The molecular formula is C9H14O4. The summed E-state index contributed by atoms with van der Waals surface area (Å²) >= 11 is 0. The summed E-state index contributed by atoms with van der Waals surface area (Å²) in [6.45, 7) is 4.10. The van der Waals surface area contributed by atoms with Crippen LogP contribution in [0.1, 0.15) is 20.3 Å². The number of epoxide rings is 1. The van der Waals surface area contributed by atoms with Gasteiger partial charge in [-0.1, -0.05) is 0 Å². The molecule has 0 aromatic carbocycles. The SMILES string of the molecule is CCOC(=O)C(CC1CO1)C(C)=O. The van der Waals surface area contributed by atoms with Crippen LogP contribution in [0.2, 0.25) is 0 Å². The van der Waals surface area contributed by atoms with E-state index >= 15 is 0 Å². The third-order valence-corrected chi connectivity index (χ3v) is 1.96. The smallest absolute Gasteiger partial charge is 0.316 e. The second-order valence-corrected chi connectivity index (χ2v) is 3.11. The zero-order valence-corrected chi connectivity index (χ0v) is 7.91. The zero-order chi connectivity index (χ0) is 9.84. The molecule has 1 fully saturated rings. The second kappa shape index (κ2) is 4.37. The highest BCUT2D eigenvalue weighted by Gasteiger charge is 2.33. The van der Waals surface area contributed by atoms with E-state index in [1.54, 1.807) is 6.92 Å². The summed E-state index contributed by atoms with van der Waals surface area (Å²) in [7, 11) is 0. The molecule has 0 N–H and O–H groups in total. The maximum absolute atomic E-state index is 11.2. The van der Waals surface area contributed by atoms with Crippen molar-refractivity contribution in [2.24, 2.45) is 5.92 Å². The highest BCUT2D eigenvalue weighted by Crippen LogP contribution is 2.21. The van der Waals surface area contributed by atoms with Crippen LogP contribution in [0.15, 0.2) is 0 Å². The minimum Gasteiger partial charge on any atom is -0.465 e. The standard InChI is InChI=1S/C9H14O4/c1-3-12-9(11)8(6(2)10)4-7-5-13-7/h7-8H,3-5H2,1-2H3. The van der Waals surface area contributed by atoms with Crippen molar-refractivity contribution < 1.29 is 19.1 Å². The van der Waals surface area contributed by atoms with Crippen molar-refractivity contribution in [2.75, 3.05) is 13.2 Å². The van der Waals surface area contributed by atoms with Gasteiger partial charge in [-0.3, -0.25) is 9.59 Å². The molecule has 4 heteroatoms. The van der Waals surface area contributed by atoms with Crippen molar-refractivity contribution in [1.82, 2.24) is 0 Å². The van der Waals surface area contributed by atoms with Gasteiger partial charge in [-0.05, 0) is 20.3 Å². The van der Waals surface area contributed by atoms with Gasteiger partial charge in [0.1, 0.15) is 11.7 Å². The molecule has 1 rings (SSSR count). The molecule has 2 atom stereocenters. The van der Waals surface area contributed by atoms with Gasteiger partial charge in [-0.2, -0.15) is 0 Å². The summed E-state index contributed by atoms with van der Waals surface area (Å²) in [6, 6.07) is 0. The summed E-state index contributed by atoms with van der Waals surface area (Å²) in [5.41, 5.74) is 0. The van der Waals surface area contributed by atoms with Gasteiger partial charge in [0.2, 0.25) is 0 Å². The Morgan fingerprint density at radius 2 is 2.23 bits per heavy atom. The van der Waals surface area contributed by atoms with Crippen LogP contribution in [0.25, 0.3) is 0 Å². The first kappa shape index (κ1) is 10.2. The molecule has 1 aliphatic rings. The zero-order valence-electron chi connectivity index (χ0n) is 7.91. The lowest BCUT2D eigenvalue weighted by Gasteiger charge is -2.10. The Labute approximate surface area is 77.2 Å². The molecule has 0 saturated carbocycles. The van der Waals surface area contributed by atoms with Crippen LogP contribution in [0.4, 0.5) is 0 Å². The topological polar surface area (TPSA) is 55.9 Å². The van der Waals surface area contributed by atoms with E-state index in [9.17, 15) is 9.59 Å². The van der Waals surface area contributed by atoms with Gasteiger partial charge in [0.05, 0.1) is 19.3 Å². The molecule has 1 aliphatic heterocycles. The third-order valence-electron chi connectivity index (χ3n) is 1.96. The molecule has 4 nitrogen and oxygen atoms in total. The number of carbonyl (C=O) groups is 2. The average Bonchev–Trinajstić information content (AvgIpc) is 2.83. The number of rotatable bonds is 5. The maximum atomic E-state index is 11.2. The Kier molecular flexibility index (Phi) is 3.42. The van der Waals surface area contributed by atoms with E-state index in [4.69, 9.17) is 9.47 Å². The number of ether oxygens (including phenoxy) is 2. The summed E-state index contributed by atoms with van der Waals surface area (Å²) in [5.74, 6) is -1.20. The van der Waals surface area contributed by atoms with E-state index in [1.165, 1.54) is 6.92 Å². The van der Waals surface area contributed by atoms with Crippen molar-refractivity contribution in [3.05, 3.63) is 0 Å². The minimum atomic E-state index is -0.632. The van der Waals surface area contributed by atoms with Crippen LogP contribution < -0.4 is 0 Å². The van der Waals surface area contributed by atoms with Crippen molar-refractivity contribution in [2.45, 2.75) is 26.4 Å². The molecule has 13 heavy (non-hydrogen) atoms. The van der Waals surface area contributed by atoms with Crippen LogP contribution in [0.5, 0.6) is 0 Å². The molecule has 1 saturated heterocycles. The molecular weight excluding hydrogens is 172 g/mol. The van der Waals surface area contributed by atoms with Crippen LogP contribution in [-0.4, -0.2) is 31.1 Å². The third kappa shape index (κ3) is 3.14. The van der Waals surface area contributed by atoms with E-state index in [1.807, 2.05) is 0 Å². The first-order valence-electron chi connectivity index (χ1n) is 4.43. The molecule has 74 valence electrons. The van der Waals surface area contributed by atoms with Crippen LogP contribution in [-0.2, 0) is 19.1 Å². The quantitative estimate of drug-likeness (QED) is 0.357. The molecule has 0 radical (unpaired) electrons. The van der Waals surface area contributed by atoms with E-state index in [0.717, 1.165) is 0 Å². The number of Topliss-reactive ketones (excluding diaryl/α,β-unsaturated/α-hetero) is 1. The molecule has 1 heterocycles. The van der Waals surface area contributed by atoms with Gasteiger partial charge < -0.3 is 9.47 Å². The largest absolute Gasteiger partial charge is 0.465 e. The molecule has 0 aromatic rings. The number of esters is 1. The molecule has 0 bridgehead atoms. The van der Waals surface area contributed by atoms with Gasteiger partial charge in [0.15, 0.2) is 0 Å². The molecule has 0 aromatic heterocycles. The summed E-state index contributed by atoms with van der Waals surface area (Å²) in [5, 5.41) is 0. The first-order chi connectivity index (χ1) is 6.15. The first-order valence-corrected chi connectivity index (χ1v) is 4.43. The predicted molar refractivity (Wildman–Crippen MR) is 45.2 cm³/mol. The van der Waals surface area contributed by atoms with Crippen LogP contribution in [0.3, 0.4) is 0 Å². The predicted octanol–water partition coefficient (Wildman–Crippen LogP) is 0.544. The van der Waals surface area contributed by atoms with Crippen molar-refractivity contribution in [3.8, 4) is 0 Å². The Morgan fingerprint density at radius 3 is 2.62 bits per heavy atom. The minimum absolute atomic E-state index is 0.0818. The Hall–Kier alpha value is -0.900. The Morgan fingerprint density at radius 1 is 1.62 bits per heavy atom. The lowest BCUT2D eigenvalue weighted by Crippen LogP contribution is -2.25. The number of carbonyl (C=O) groups excluding carboxylic acids is 2. The van der Waals surface area contributed by atoms with E-state index in [2.05, 4.69) is 0 Å². The average molecular weight is 186 g/mol. The molecule has 0 amide bonds. The molecule has 0 aliphatic carbocycles. The molecule has 0 spiro atoms. The number of hydrogen-bond acceptors (Lipinski definition) is 4. The van der Waals surface area contributed by atoms with Crippen molar-refractivity contribution >= 4 is 11.8 Å². The van der Waals surface area contributed by atoms with Gasteiger partial charge in [-0.15, -0.1) is 0 Å². The number of hydrogen-bond donors (Lipinski definition) is 0.